The Balaban J connectivity index is 1.93. The number of benzene rings is 1. The van der Waals surface area contributed by atoms with E-state index in [2.05, 4.69) is 42.7 Å². The van der Waals surface area contributed by atoms with Crippen LogP contribution in [0.4, 0.5) is 0 Å². The van der Waals surface area contributed by atoms with Crippen LogP contribution in [0.2, 0.25) is 0 Å². The van der Waals surface area contributed by atoms with Gasteiger partial charge in [-0.1, -0.05) is 18.2 Å². The molecule has 28 heavy (non-hydrogen) atoms. The van der Waals surface area contributed by atoms with Crippen LogP contribution in [0.1, 0.15) is 29.3 Å². The minimum atomic E-state index is -0.108. The summed E-state index contributed by atoms with van der Waals surface area (Å²) in [5, 5.41) is 5.53. The fraction of sp³-hybridized carbons (Fsp3) is 0.318. The number of aromatic nitrogens is 2. The number of carbonyl (C=O) groups is 2. The summed E-state index contributed by atoms with van der Waals surface area (Å²) >= 11 is 0. The third-order valence-electron chi connectivity index (χ3n) is 4.87. The SMILES string of the molecule is CC(=O)NCCNC(=O)Cc1c(-c2ccc(C)c(C)c2)nc2c(C)cccn12. The molecule has 0 unspecified atom stereocenters. The average molecular weight is 378 g/mol. The van der Waals surface area contributed by atoms with Gasteiger partial charge in [0, 0.05) is 31.8 Å². The Morgan fingerprint density at radius 2 is 1.75 bits per heavy atom. The van der Waals surface area contributed by atoms with Gasteiger partial charge in [0.25, 0.3) is 0 Å². The minimum Gasteiger partial charge on any atom is -0.355 e. The van der Waals surface area contributed by atoms with E-state index in [-0.39, 0.29) is 18.2 Å². The van der Waals surface area contributed by atoms with Gasteiger partial charge in [-0.25, -0.2) is 4.98 Å². The van der Waals surface area contributed by atoms with Gasteiger partial charge in [-0.3, -0.25) is 9.59 Å². The van der Waals surface area contributed by atoms with E-state index in [0.717, 1.165) is 28.2 Å². The van der Waals surface area contributed by atoms with E-state index in [0.29, 0.717) is 13.1 Å². The summed E-state index contributed by atoms with van der Waals surface area (Å²) in [6.07, 6.45) is 2.16. The van der Waals surface area contributed by atoms with E-state index >= 15 is 0 Å². The number of fused-ring (bicyclic) bond motifs is 1. The molecule has 146 valence electrons. The molecule has 0 bridgehead atoms. The van der Waals surface area contributed by atoms with Crippen molar-refractivity contribution in [3.8, 4) is 11.3 Å². The number of aryl methyl sites for hydroxylation is 3. The molecule has 0 saturated heterocycles. The number of hydrogen-bond donors (Lipinski definition) is 2. The predicted octanol–water partition coefficient (Wildman–Crippen LogP) is 2.72. The third kappa shape index (κ3) is 4.22. The first-order chi connectivity index (χ1) is 13.4. The Morgan fingerprint density at radius 1 is 1.00 bits per heavy atom. The molecule has 2 amide bonds. The van der Waals surface area contributed by atoms with Crippen molar-refractivity contribution in [2.24, 2.45) is 0 Å². The van der Waals surface area contributed by atoms with Gasteiger partial charge in [-0.05, 0) is 49.6 Å². The molecule has 0 spiro atoms. The summed E-state index contributed by atoms with van der Waals surface area (Å²) in [5.41, 5.74) is 7.03. The van der Waals surface area contributed by atoms with Crippen LogP contribution >= 0.6 is 0 Å². The normalized spacial score (nSPS) is 10.9. The lowest BCUT2D eigenvalue weighted by Crippen LogP contribution is -2.34. The van der Waals surface area contributed by atoms with Gasteiger partial charge in [0.2, 0.25) is 11.8 Å². The Kier molecular flexibility index (Phi) is 5.78. The smallest absolute Gasteiger partial charge is 0.226 e. The zero-order valence-corrected chi connectivity index (χ0v) is 16.8. The van der Waals surface area contributed by atoms with E-state index in [1.54, 1.807) is 0 Å². The van der Waals surface area contributed by atoms with Crippen molar-refractivity contribution in [3.63, 3.8) is 0 Å². The van der Waals surface area contributed by atoms with Crippen LogP contribution in [0.25, 0.3) is 16.9 Å². The predicted molar refractivity (Wildman–Crippen MR) is 110 cm³/mol. The summed E-state index contributed by atoms with van der Waals surface area (Å²) in [6.45, 7) is 8.44. The van der Waals surface area contributed by atoms with Crippen molar-refractivity contribution in [1.82, 2.24) is 20.0 Å². The molecule has 0 fully saturated rings. The minimum absolute atomic E-state index is 0.0984. The van der Waals surface area contributed by atoms with Crippen molar-refractivity contribution in [1.29, 1.82) is 0 Å². The lowest BCUT2D eigenvalue weighted by molar-refractivity contribution is -0.121. The van der Waals surface area contributed by atoms with Crippen LogP contribution in [0.3, 0.4) is 0 Å². The van der Waals surface area contributed by atoms with Gasteiger partial charge in [-0.15, -0.1) is 0 Å². The monoisotopic (exact) mass is 378 g/mol. The highest BCUT2D eigenvalue weighted by atomic mass is 16.2. The number of nitrogens with zero attached hydrogens (tertiary/aromatic N) is 2. The van der Waals surface area contributed by atoms with E-state index in [4.69, 9.17) is 4.98 Å². The molecule has 6 heteroatoms. The highest BCUT2D eigenvalue weighted by molar-refractivity contribution is 5.82. The van der Waals surface area contributed by atoms with Crippen LogP contribution < -0.4 is 10.6 Å². The summed E-state index contributed by atoms with van der Waals surface area (Å²) in [4.78, 5) is 28.3. The molecule has 1 aromatic carbocycles. The third-order valence-corrected chi connectivity index (χ3v) is 4.87. The summed E-state index contributed by atoms with van der Waals surface area (Å²) in [7, 11) is 0. The number of hydrogen-bond acceptors (Lipinski definition) is 3. The van der Waals surface area contributed by atoms with Crippen molar-refractivity contribution < 1.29 is 9.59 Å². The molecule has 0 aliphatic heterocycles. The molecular formula is C22H26N4O2. The molecule has 0 saturated carbocycles. The van der Waals surface area contributed by atoms with E-state index in [1.807, 2.05) is 29.7 Å². The first-order valence-electron chi connectivity index (χ1n) is 9.42. The molecule has 3 aromatic rings. The summed E-state index contributed by atoms with van der Waals surface area (Å²) < 4.78 is 1.99. The van der Waals surface area contributed by atoms with E-state index < -0.39 is 0 Å². The van der Waals surface area contributed by atoms with Crippen LogP contribution in [-0.4, -0.2) is 34.3 Å². The van der Waals surface area contributed by atoms with Gasteiger partial charge >= 0.3 is 0 Å². The van der Waals surface area contributed by atoms with Crippen molar-refractivity contribution in [3.05, 3.63) is 58.9 Å². The van der Waals surface area contributed by atoms with Crippen LogP contribution in [0.15, 0.2) is 36.5 Å². The second-order valence-corrected chi connectivity index (χ2v) is 7.10. The number of amides is 2. The van der Waals surface area contributed by atoms with Crippen molar-refractivity contribution in [2.45, 2.75) is 34.1 Å². The average Bonchev–Trinajstić information content (AvgIpc) is 3.01. The van der Waals surface area contributed by atoms with Gasteiger partial charge < -0.3 is 15.0 Å². The molecule has 3 rings (SSSR count). The standard InChI is InChI=1S/C22H26N4O2/c1-14-7-8-18(12-16(14)3)21-19(13-20(28)24-10-9-23-17(4)27)26-11-5-6-15(2)22(26)25-21/h5-8,11-12H,9-10,13H2,1-4H3,(H,23,27)(H,24,28). The molecule has 0 atom stereocenters. The maximum absolute atomic E-state index is 12.5. The second kappa shape index (κ2) is 8.25. The Labute approximate surface area is 165 Å². The maximum atomic E-state index is 12.5. The Bertz CT molecular complexity index is 1040. The highest BCUT2D eigenvalue weighted by Gasteiger charge is 2.18. The van der Waals surface area contributed by atoms with Crippen molar-refractivity contribution >= 4 is 17.5 Å². The largest absolute Gasteiger partial charge is 0.355 e. The lowest BCUT2D eigenvalue weighted by atomic mass is 10.0. The van der Waals surface area contributed by atoms with Gasteiger partial charge in [0.15, 0.2) is 0 Å². The van der Waals surface area contributed by atoms with E-state index in [1.165, 1.54) is 18.1 Å². The summed E-state index contributed by atoms with van der Waals surface area (Å²) in [6, 6.07) is 10.2. The maximum Gasteiger partial charge on any atom is 0.226 e. The Hall–Kier alpha value is -3.15. The van der Waals surface area contributed by atoms with Crippen LogP contribution in [0, 0.1) is 20.8 Å². The number of imidazole rings is 1. The number of carbonyl (C=O) groups excluding carboxylic acids is 2. The zero-order valence-electron chi connectivity index (χ0n) is 16.8. The van der Waals surface area contributed by atoms with Crippen LogP contribution in [-0.2, 0) is 16.0 Å². The lowest BCUT2D eigenvalue weighted by Gasteiger charge is -2.09. The number of rotatable bonds is 6. The fourth-order valence-electron chi connectivity index (χ4n) is 3.20. The molecule has 0 radical (unpaired) electrons. The van der Waals surface area contributed by atoms with E-state index in [9.17, 15) is 9.59 Å². The first kappa shape index (κ1) is 19.6. The highest BCUT2D eigenvalue weighted by Crippen LogP contribution is 2.27. The molecule has 6 nitrogen and oxygen atoms in total. The first-order valence-corrected chi connectivity index (χ1v) is 9.42. The molecule has 2 N–H and O–H groups in total. The van der Waals surface area contributed by atoms with Gasteiger partial charge in [0.1, 0.15) is 5.65 Å². The van der Waals surface area contributed by atoms with Gasteiger partial charge in [0.05, 0.1) is 17.8 Å². The zero-order chi connectivity index (χ0) is 20.3. The number of pyridine rings is 1. The molecular weight excluding hydrogens is 352 g/mol. The molecule has 0 aliphatic carbocycles. The van der Waals surface area contributed by atoms with Crippen LogP contribution in [0.5, 0.6) is 0 Å². The van der Waals surface area contributed by atoms with Gasteiger partial charge in [-0.2, -0.15) is 0 Å². The van der Waals surface area contributed by atoms with Crippen molar-refractivity contribution in [2.75, 3.05) is 13.1 Å². The quantitative estimate of drug-likeness (QED) is 0.648. The molecule has 2 heterocycles. The second-order valence-electron chi connectivity index (χ2n) is 7.10. The summed E-state index contributed by atoms with van der Waals surface area (Å²) in [5.74, 6) is -0.206. The Morgan fingerprint density at radius 3 is 2.46 bits per heavy atom. The molecule has 2 aromatic heterocycles. The topological polar surface area (TPSA) is 75.5 Å². The molecule has 0 aliphatic rings. The fourth-order valence-corrected chi connectivity index (χ4v) is 3.20. The number of nitrogens with one attached hydrogen (secondary N) is 2.